The lowest BCUT2D eigenvalue weighted by Gasteiger charge is -2.18. The number of carbonyl (C=O) groups excluding carboxylic acids is 1. The van der Waals surface area contributed by atoms with E-state index < -0.39 is 0 Å². The van der Waals surface area contributed by atoms with Gasteiger partial charge in [-0.3, -0.25) is 4.79 Å². The highest BCUT2D eigenvalue weighted by atomic mass is 32.2. The molecule has 4 rings (SSSR count). The summed E-state index contributed by atoms with van der Waals surface area (Å²) in [6, 6.07) is 12.0. The number of nitrogens with one attached hydrogen (secondary N) is 1. The number of tetrazole rings is 1. The highest BCUT2D eigenvalue weighted by Gasteiger charge is 2.14. The minimum absolute atomic E-state index is 0.0620. The number of aromatic nitrogens is 4. The standard InChI is InChI=1S/C21H23N5O3S/c1-14-3-4-15(2)17(11-14)26-21(23-24-25-26)30-13-20(27)22-8-7-16-5-6-18-19(12-16)29-10-9-28-18/h3-6,11-12H,7-10,13H2,1-2H3,(H,22,27). The van der Waals surface area contributed by atoms with E-state index in [4.69, 9.17) is 9.47 Å². The predicted octanol–water partition coefficient (Wildman–Crippen LogP) is 2.50. The number of carbonyl (C=O) groups is 1. The summed E-state index contributed by atoms with van der Waals surface area (Å²) in [6.07, 6.45) is 0.716. The summed E-state index contributed by atoms with van der Waals surface area (Å²) in [4.78, 5) is 12.3. The molecule has 0 radical (unpaired) electrons. The average molecular weight is 426 g/mol. The number of rotatable bonds is 7. The van der Waals surface area contributed by atoms with Gasteiger partial charge in [-0.25, -0.2) is 0 Å². The van der Waals surface area contributed by atoms with E-state index in [-0.39, 0.29) is 11.7 Å². The van der Waals surface area contributed by atoms with Crippen LogP contribution in [0.15, 0.2) is 41.6 Å². The topological polar surface area (TPSA) is 91.2 Å². The monoisotopic (exact) mass is 425 g/mol. The zero-order valence-corrected chi connectivity index (χ0v) is 17.7. The van der Waals surface area contributed by atoms with Crippen LogP contribution in [0.4, 0.5) is 0 Å². The van der Waals surface area contributed by atoms with E-state index in [1.165, 1.54) is 11.8 Å². The van der Waals surface area contributed by atoms with Crippen LogP contribution >= 0.6 is 11.8 Å². The van der Waals surface area contributed by atoms with Crippen LogP contribution in [0.2, 0.25) is 0 Å². The molecule has 0 saturated carbocycles. The average Bonchev–Trinajstić information content (AvgIpc) is 3.22. The van der Waals surface area contributed by atoms with Crippen molar-refractivity contribution < 1.29 is 14.3 Å². The van der Waals surface area contributed by atoms with Crippen LogP contribution in [-0.4, -0.2) is 51.6 Å². The number of hydrogen-bond donors (Lipinski definition) is 1. The van der Waals surface area contributed by atoms with Gasteiger partial charge in [0.05, 0.1) is 11.4 Å². The Bertz CT molecular complexity index is 1050. The lowest BCUT2D eigenvalue weighted by Crippen LogP contribution is -2.27. The molecule has 0 unspecified atom stereocenters. The second-order valence-corrected chi connectivity index (χ2v) is 7.97. The van der Waals surface area contributed by atoms with Crippen LogP contribution in [0.1, 0.15) is 16.7 Å². The number of nitrogens with zero attached hydrogens (tertiary/aromatic N) is 4. The fraction of sp³-hybridized carbons (Fsp3) is 0.333. The van der Waals surface area contributed by atoms with Crippen molar-refractivity contribution in [2.45, 2.75) is 25.4 Å². The van der Waals surface area contributed by atoms with Gasteiger partial charge in [0.1, 0.15) is 13.2 Å². The third-order valence-corrected chi connectivity index (χ3v) is 5.63. The van der Waals surface area contributed by atoms with Crippen molar-refractivity contribution in [1.29, 1.82) is 0 Å². The van der Waals surface area contributed by atoms with Gasteiger partial charge in [0, 0.05) is 6.54 Å². The molecule has 2 aromatic carbocycles. The first kappa shape index (κ1) is 20.2. The van der Waals surface area contributed by atoms with Gasteiger partial charge >= 0.3 is 0 Å². The molecule has 0 aliphatic carbocycles. The third kappa shape index (κ3) is 4.73. The summed E-state index contributed by atoms with van der Waals surface area (Å²) in [5.74, 6) is 1.71. The Morgan fingerprint density at radius 2 is 1.97 bits per heavy atom. The van der Waals surface area contributed by atoms with Crippen molar-refractivity contribution >= 4 is 17.7 Å². The molecule has 30 heavy (non-hydrogen) atoms. The Morgan fingerprint density at radius 3 is 2.83 bits per heavy atom. The fourth-order valence-corrected chi connectivity index (χ4v) is 3.85. The number of thioether (sulfide) groups is 1. The van der Waals surface area contributed by atoms with Crippen LogP contribution in [0.3, 0.4) is 0 Å². The van der Waals surface area contributed by atoms with E-state index in [0.717, 1.165) is 33.9 Å². The first-order valence-corrected chi connectivity index (χ1v) is 10.7. The van der Waals surface area contributed by atoms with Crippen LogP contribution in [0.5, 0.6) is 11.5 Å². The largest absolute Gasteiger partial charge is 0.486 e. The lowest BCUT2D eigenvalue weighted by molar-refractivity contribution is -0.118. The SMILES string of the molecule is Cc1ccc(C)c(-n2nnnc2SCC(=O)NCCc2ccc3c(c2)OCCO3)c1. The molecule has 1 N–H and O–H groups in total. The summed E-state index contributed by atoms with van der Waals surface area (Å²) in [5, 5.41) is 15.5. The van der Waals surface area contributed by atoms with Crippen LogP contribution < -0.4 is 14.8 Å². The smallest absolute Gasteiger partial charge is 0.230 e. The van der Waals surface area contributed by atoms with Crippen LogP contribution in [-0.2, 0) is 11.2 Å². The molecule has 3 aromatic rings. The maximum absolute atomic E-state index is 12.3. The van der Waals surface area contributed by atoms with Gasteiger partial charge in [-0.15, -0.1) is 5.10 Å². The number of amides is 1. The van der Waals surface area contributed by atoms with Gasteiger partial charge in [0.2, 0.25) is 11.1 Å². The van der Waals surface area contributed by atoms with Crippen molar-refractivity contribution in [1.82, 2.24) is 25.5 Å². The molecule has 0 spiro atoms. The minimum atomic E-state index is -0.0620. The summed E-state index contributed by atoms with van der Waals surface area (Å²) in [7, 11) is 0. The zero-order valence-electron chi connectivity index (χ0n) is 16.9. The van der Waals surface area contributed by atoms with Crippen LogP contribution in [0.25, 0.3) is 5.69 Å². The Kier molecular flexibility index (Phi) is 6.18. The van der Waals surface area contributed by atoms with Crippen molar-refractivity contribution in [3.8, 4) is 17.2 Å². The van der Waals surface area contributed by atoms with Gasteiger partial charge in [0.25, 0.3) is 0 Å². The second kappa shape index (κ2) is 9.17. The van der Waals surface area contributed by atoms with Crippen molar-refractivity contribution in [3.63, 3.8) is 0 Å². The summed E-state index contributed by atoms with van der Waals surface area (Å²) < 4.78 is 12.8. The Balaban J connectivity index is 1.29. The van der Waals surface area contributed by atoms with Crippen LogP contribution in [0, 0.1) is 13.8 Å². The summed E-state index contributed by atoms with van der Waals surface area (Å²) in [5.41, 5.74) is 4.20. The van der Waals surface area contributed by atoms with E-state index in [2.05, 4.69) is 20.8 Å². The summed E-state index contributed by atoms with van der Waals surface area (Å²) >= 11 is 1.31. The minimum Gasteiger partial charge on any atom is -0.486 e. The molecular formula is C21H23N5O3S. The normalized spacial score (nSPS) is 12.6. The molecule has 9 heteroatoms. The third-order valence-electron chi connectivity index (χ3n) is 4.71. The molecule has 1 aromatic heterocycles. The maximum atomic E-state index is 12.3. The van der Waals surface area contributed by atoms with E-state index in [9.17, 15) is 4.79 Å². The van der Waals surface area contributed by atoms with E-state index in [1.807, 2.05) is 50.2 Å². The van der Waals surface area contributed by atoms with Crippen molar-refractivity contribution in [2.75, 3.05) is 25.5 Å². The van der Waals surface area contributed by atoms with Gasteiger partial charge in [-0.05, 0) is 65.6 Å². The van der Waals surface area contributed by atoms with Gasteiger partial charge in [-0.1, -0.05) is 30.0 Å². The molecular weight excluding hydrogens is 402 g/mol. The fourth-order valence-electron chi connectivity index (χ4n) is 3.14. The van der Waals surface area contributed by atoms with Gasteiger partial charge < -0.3 is 14.8 Å². The first-order valence-electron chi connectivity index (χ1n) is 9.74. The summed E-state index contributed by atoms with van der Waals surface area (Å²) in [6.45, 7) is 5.71. The molecule has 0 atom stereocenters. The Labute approximate surface area is 179 Å². The molecule has 2 heterocycles. The molecule has 1 aliphatic heterocycles. The molecule has 1 aliphatic rings. The number of ether oxygens (including phenoxy) is 2. The lowest BCUT2D eigenvalue weighted by atomic mass is 10.1. The highest BCUT2D eigenvalue weighted by Crippen LogP contribution is 2.30. The molecule has 0 saturated heterocycles. The number of hydrogen-bond acceptors (Lipinski definition) is 7. The van der Waals surface area contributed by atoms with E-state index >= 15 is 0 Å². The van der Waals surface area contributed by atoms with E-state index in [1.54, 1.807) is 4.68 Å². The first-order chi connectivity index (χ1) is 14.6. The van der Waals surface area contributed by atoms with E-state index in [0.29, 0.717) is 31.3 Å². The highest BCUT2D eigenvalue weighted by molar-refractivity contribution is 7.99. The molecule has 8 nitrogen and oxygen atoms in total. The molecule has 156 valence electrons. The van der Waals surface area contributed by atoms with Gasteiger partial charge in [0.15, 0.2) is 11.5 Å². The number of fused-ring (bicyclic) bond motifs is 1. The molecule has 0 bridgehead atoms. The Morgan fingerprint density at radius 1 is 1.13 bits per heavy atom. The zero-order chi connectivity index (χ0) is 20.9. The number of aryl methyl sites for hydroxylation is 2. The quantitative estimate of drug-likeness (QED) is 0.582. The number of benzene rings is 2. The predicted molar refractivity (Wildman–Crippen MR) is 113 cm³/mol. The molecule has 1 amide bonds. The molecule has 0 fully saturated rings. The second-order valence-electron chi connectivity index (χ2n) is 7.03. The maximum Gasteiger partial charge on any atom is 0.230 e. The van der Waals surface area contributed by atoms with Gasteiger partial charge in [-0.2, -0.15) is 4.68 Å². The van der Waals surface area contributed by atoms with Crippen molar-refractivity contribution in [3.05, 3.63) is 53.1 Å². The Hall–Kier alpha value is -3.07. The van der Waals surface area contributed by atoms with Crippen molar-refractivity contribution in [2.24, 2.45) is 0 Å².